The van der Waals surface area contributed by atoms with Gasteiger partial charge in [-0.25, -0.2) is 0 Å². The molecule has 0 saturated carbocycles. The van der Waals surface area contributed by atoms with Gasteiger partial charge in [-0.1, -0.05) is 25.1 Å². The molecule has 1 aromatic carbocycles. The number of aliphatic hydroxyl groups excluding tert-OH is 1. The van der Waals surface area contributed by atoms with Crippen molar-refractivity contribution in [2.24, 2.45) is 0 Å². The Balaban J connectivity index is 2.84. The van der Waals surface area contributed by atoms with Crippen LogP contribution < -0.4 is 0 Å². The van der Waals surface area contributed by atoms with E-state index in [4.69, 9.17) is 0 Å². The Morgan fingerprint density at radius 2 is 2.38 bits per heavy atom. The third kappa shape index (κ3) is 2.90. The molecule has 2 heteroatoms. The molecule has 1 unspecified atom stereocenters. The van der Waals surface area contributed by atoms with Gasteiger partial charge in [-0.05, 0) is 23.4 Å². The molecule has 0 aromatic heterocycles. The molecule has 1 nitrogen and oxygen atoms in total. The van der Waals surface area contributed by atoms with Gasteiger partial charge in [-0.2, -0.15) is 0 Å². The van der Waals surface area contributed by atoms with Crippen molar-refractivity contribution in [1.82, 2.24) is 0 Å². The van der Waals surface area contributed by atoms with Crippen molar-refractivity contribution in [2.75, 3.05) is 5.75 Å². The van der Waals surface area contributed by atoms with Crippen LogP contribution >= 0.6 is 11.8 Å². The molecular formula is C11H14OS. The lowest BCUT2D eigenvalue weighted by atomic mass is 10.1. The van der Waals surface area contributed by atoms with Crippen LogP contribution in [0, 0.1) is 0 Å². The second-order valence-corrected chi connectivity index (χ2v) is 4.02. The van der Waals surface area contributed by atoms with E-state index in [0.717, 1.165) is 11.3 Å². The number of aliphatic hydroxyl groups is 1. The Morgan fingerprint density at radius 1 is 1.62 bits per heavy atom. The van der Waals surface area contributed by atoms with Gasteiger partial charge in [0, 0.05) is 4.90 Å². The maximum atomic E-state index is 9.49. The van der Waals surface area contributed by atoms with E-state index in [0.29, 0.717) is 0 Å². The summed E-state index contributed by atoms with van der Waals surface area (Å²) in [6.07, 6.45) is 0.993. The maximum Gasteiger partial charge on any atom is 0.0969 e. The molecule has 0 aliphatic carbocycles. The largest absolute Gasteiger partial charge is 0.384 e. The van der Waals surface area contributed by atoms with E-state index in [1.165, 1.54) is 11.0 Å². The third-order valence-corrected chi connectivity index (χ3v) is 2.61. The summed E-state index contributed by atoms with van der Waals surface area (Å²) in [6, 6.07) is 7.92. The summed E-state index contributed by atoms with van der Waals surface area (Å²) in [5, 5.41) is 9.49. The van der Waals surface area contributed by atoms with E-state index in [9.17, 15) is 5.11 Å². The van der Waals surface area contributed by atoms with Gasteiger partial charge in [0.2, 0.25) is 0 Å². The van der Waals surface area contributed by atoms with Gasteiger partial charge in [0.05, 0.1) is 6.10 Å². The predicted molar refractivity (Wildman–Crippen MR) is 58.0 cm³/mol. The number of rotatable bonds is 4. The minimum Gasteiger partial charge on any atom is -0.384 e. The lowest BCUT2D eigenvalue weighted by Gasteiger charge is -2.06. The standard InChI is InChI=1S/C11H14OS/c1-3-11(12)9-6-5-7-10(8-9)13-4-2/h3,5-8,11-12H,1,4H2,2H3. The molecule has 0 bridgehead atoms. The smallest absolute Gasteiger partial charge is 0.0969 e. The zero-order valence-electron chi connectivity index (χ0n) is 7.73. The fraction of sp³-hybridized carbons (Fsp3) is 0.273. The van der Waals surface area contributed by atoms with Gasteiger partial charge < -0.3 is 5.11 Å². The van der Waals surface area contributed by atoms with E-state index in [-0.39, 0.29) is 0 Å². The van der Waals surface area contributed by atoms with Gasteiger partial charge >= 0.3 is 0 Å². The van der Waals surface area contributed by atoms with E-state index < -0.39 is 6.10 Å². The van der Waals surface area contributed by atoms with Gasteiger partial charge in [0.25, 0.3) is 0 Å². The second-order valence-electron chi connectivity index (χ2n) is 2.69. The van der Waals surface area contributed by atoms with Crippen molar-refractivity contribution in [2.45, 2.75) is 17.9 Å². The highest BCUT2D eigenvalue weighted by Crippen LogP contribution is 2.22. The van der Waals surface area contributed by atoms with Crippen molar-refractivity contribution in [1.29, 1.82) is 0 Å². The van der Waals surface area contributed by atoms with Gasteiger partial charge in [0.15, 0.2) is 0 Å². The molecule has 0 amide bonds. The lowest BCUT2D eigenvalue weighted by molar-refractivity contribution is 0.229. The topological polar surface area (TPSA) is 20.2 Å². The van der Waals surface area contributed by atoms with E-state index in [2.05, 4.69) is 13.5 Å². The van der Waals surface area contributed by atoms with Crippen molar-refractivity contribution < 1.29 is 5.11 Å². The van der Waals surface area contributed by atoms with Crippen LogP contribution in [0.4, 0.5) is 0 Å². The summed E-state index contributed by atoms with van der Waals surface area (Å²) in [5.74, 6) is 1.05. The van der Waals surface area contributed by atoms with Gasteiger partial charge in [0.1, 0.15) is 0 Å². The minimum atomic E-state index is -0.544. The Kier molecular flexibility index (Phi) is 4.06. The zero-order valence-corrected chi connectivity index (χ0v) is 8.55. The highest BCUT2D eigenvalue weighted by molar-refractivity contribution is 7.99. The van der Waals surface area contributed by atoms with Crippen molar-refractivity contribution in [3.8, 4) is 0 Å². The lowest BCUT2D eigenvalue weighted by Crippen LogP contribution is -1.91. The van der Waals surface area contributed by atoms with Crippen molar-refractivity contribution in [3.05, 3.63) is 42.5 Å². The van der Waals surface area contributed by atoms with Crippen LogP contribution in [-0.4, -0.2) is 10.9 Å². The first-order valence-electron chi connectivity index (χ1n) is 4.31. The molecule has 0 spiro atoms. The summed E-state index contributed by atoms with van der Waals surface area (Å²) in [7, 11) is 0. The first-order chi connectivity index (χ1) is 6.27. The van der Waals surface area contributed by atoms with Crippen LogP contribution in [0.25, 0.3) is 0 Å². The zero-order chi connectivity index (χ0) is 9.68. The molecule has 0 saturated heterocycles. The second kappa shape index (κ2) is 5.10. The molecule has 0 fully saturated rings. The summed E-state index contributed by atoms with van der Waals surface area (Å²) in [6.45, 7) is 5.67. The number of thioether (sulfide) groups is 1. The molecule has 0 aliphatic rings. The SMILES string of the molecule is C=CC(O)c1cccc(SCC)c1. The van der Waals surface area contributed by atoms with Crippen molar-refractivity contribution >= 4 is 11.8 Å². The number of benzene rings is 1. The molecule has 13 heavy (non-hydrogen) atoms. The van der Waals surface area contributed by atoms with E-state index in [1.807, 2.05) is 24.3 Å². The van der Waals surface area contributed by atoms with Crippen LogP contribution in [0.15, 0.2) is 41.8 Å². The summed E-state index contributed by atoms with van der Waals surface area (Å²) >= 11 is 1.77. The third-order valence-electron chi connectivity index (χ3n) is 1.73. The Bertz CT molecular complexity index is 283. The Morgan fingerprint density at radius 3 is 3.00 bits per heavy atom. The molecule has 1 N–H and O–H groups in total. The molecular weight excluding hydrogens is 180 g/mol. The fourth-order valence-corrected chi connectivity index (χ4v) is 1.82. The molecule has 0 aliphatic heterocycles. The molecule has 0 radical (unpaired) electrons. The first-order valence-corrected chi connectivity index (χ1v) is 5.30. The van der Waals surface area contributed by atoms with Crippen LogP contribution in [0.3, 0.4) is 0 Å². The average molecular weight is 194 g/mol. The Hall–Kier alpha value is -0.730. The predicted octanol–water partition coefficient (Wildman–Crippen LogP) is 3.02. The van der Waals surface area contributed by atoms with E-state index >= 15 is 0 Å². The number of hydrogen-bond acceptors (Lipinski definition) is 2. The monoisotopic (exact) mass is 194 g/mol. The highest BCUT2D eigenvalue weighted by Gasteiger charge is 2.02. The molecule has 0 heterocycles. The molecule has 1 atom stereocenters. The molecule has 1 rings (SSSR count). The normalized spacial score (nSPS) is 12.5. The maximum absolute atomic E-state index is 9.49. The Labute approximate surface area is 83.5 Å². The first kappa shape index (κ1) is 10.4. The fourth-order valence-electron chi connectivity index (χ4n) is 1.09. The van der Waals surface area contributed by atoms with Crippen LogP contribution in [-0.2, 0) is 0 Å². The number of hydrogen-bond donors (Lipinski definition) is 1. The average Bonchev–Trinajstić information content (AvgIpc) is 2.18. The van der Waals surface area contributed by atoms with Crippen LogP contribution in [0.5, 0.6) is 0 Å². The van der Waals surface area contributed by atoms with Crippen LogP contribution in [0.1, 0.15) is 18.6 Å². The van der Waals surface area contributed by atoms with Gasteiger partial charge in [-0.3, -0.25) is 0 Å². The summed E-state index contributed by atoms with van der Waals surface area (Å²) in [4.78, 5) is 1.20. The van der Waals surface area contributed by atoms with Crippen LogP contribution in [0.2, 0.25) is 0 Å². The summed E-state index contributed by atoms with van der Waals surface area (Å²) < 4.78 is 0. The highest BCUT2D eigenvalue weighted by atomic mass is 32.2. The van der Waals surface area contributed by atoms with Gasteiger partial charge in [-0.15, -0.1) is 18.3 Å². The molecule has 1 aromatic rings. The minimum absolute atomic E-state index is 0.544. The van der Waals surface area contributed by atoms with Crippen molar-refractivity contribution in [3.63, 3.8) is 0 Å². The quantitative estimate of drug-likeness (QED) is 0.587. The summed E-state index contributed by atoms with van der Waals surface area (Å²) in [5.41, 5.74) is 0.911. The molecule has 70 valence electrons. The van der Waals surface area contributed by atoms with E-state index in [1.54, 1.807) is 11.8 Å².